The average Bonchev–Trinajstić information content (AvgIpc) is 2.51. The summed E-state index contributed by atoms with van der Waals surface area (Å²) in [5, 5.41) is 4.51. The van der Waals surface area contributed by atoms with Gasteiger partial charge in [-0.2, -0.15) is 0 Å². The molecule has 0 saturated carbocycles. The van der Waals surface area contributed by atoms with Crippen molar-refractivity contribution in [3.8, 4) is 0 Å². The van der Waals surface area contributed by atoms with Gasteiger partial charge in [0.15, 0.2) is 0 Å². The predicted octanol–water partition coefficient (Wildman–Crippen LogP) is 4.47. The number of oxime groups is 1. The van der Waals surface area contributed by atoms with E-state index in [1.54, 1.807) is 0 Å². The first kappa shape index (κ1) is 15.6. The van der Waals surface area contributed by atoms with E-state index in [9.17, 15) is 0 Å². The van der Waals surface area contributed by atoms with E-state index in [0.29, 0.717) is 6.61 Å². The monoisotopic (exact) mass is 308 g/mol. The van der Waals surface area contributed by atoms with E-state index in [-0.39, 0.29) is 5.41 Å². The Morgan fingerprint density at radius 3 is 2.61 bits per heavy atom. The summed E-state index contributed by atoms with van der Waals surface area (Å²) in [6.07, 6.45) is 2.19. The first-order valence-electron chi connectivity index (χ1n) is 8.10. The second kappa shape index (κ2) is 6.07. The van der Waals surface area contributed by atoms with Gasteiger partial charge in [-0.25, -0.2) is 0 Å². The van der Waals surface area contributed by atoms with Crippen LogP contribution in [0, 0.1) is 12.3 Å². The lowest BCUT2D eigenvalue weighted by atomic mass is 9.72. The Hall–Kier alpha value is -2.29. The minimum absolute atomic E-state index is 0.0311. The fourth-order valence-electron chi connectivity index (χ4n) is 3.05. The van der Waals surface area contributed by atoms with E-state index in [1.807, 2.05) is 24.3 Å². The Kier molecular flexibility index (Phi) is 4.12. The maximum atomic E-state index is 5.70. The van der Waals surface area contributed by atoms with Crippen molar-refractivity contribution < 1.29 is 4.84 Å². The Morgan fingerprint density at radius 2 is 1.87 bits per heavy atom. The Labute approximate surface area is 138 Å². The zero-order valence-electron chi connectivity index (χ0n) is 14.1. The molecule has 2 aromatic rings. The zero-order chi connectivity index (χ0) is 16.4. The van der Waals surface area contributed by atoms with Crippen LogP contribution in [0.15, 0.2) is 47.6 Å². The van der Waals surface area contributed by atoms with Crippen LogP contribution >= 0.6 is 0 Å². The molecule has 0 unspecified atom stereocenters. The van der Waals surface area contributed by atoms with Crippen LogP contribution in [-0.2, 0) is 17.9 Å². The van der Waals surface area contributed by atoms with Crippen LogP contribution in [0.5, 0.6) is 0 Å². The molecule has 0 fully saturated rings. The Morgan fingerprint density at radius 1 is 1.13 bits per heavy atom. The number of nitrogens with two attached hydrogens (primary N) is 1. The molecule has 0 spiro atoms. The third-order valence-electron chi connectivity index (χ3n) is 4.54. The van der Waals surface area contributed by atoms with E-state index in [2.05, 4.69) is 44.1 Å². The lowest BCUT2D eigenvalue weighted by molar-refractivity contribution is 0.127. The molecule has 2 aromatic carbocycles. The van der Waals surface area contributed by atoms with Crippen LogP contribution in [0.4, 0.5) is 5.69 Å². The van der Waals surface area contributed by atoms with Crippen molar-refractivity contribution >= 4 is 11.4 Å². The number of anilines is 1. The number of hydrogen-bond donors (Lipinski definition) is 1. The molecule has 0 atom stereocenters. The lowest BCUT2D eigenvalue weighted by Crippen LogP contribution is -2.31. The number of hydrogen-bond acceptors (Lipinski definition) is 3. The van der Waals surface area contributed by atoms with Gasteiger partial charge in [0.2, 0.25) is 0 Å². The maximum Gasteiger partial charge on any atom is 0.142 e. The SMILES string of the molecule is Cc1ccc2c(c1)CCC(C)(C)/C2=N\OCc1ccc(N)cc1. The largest absolute Gasteiger partial charge is 0.399 e. The fourth-order valence-corrected chi connectivity index (χ4v) is 3.05. The third-order valence-corrected chi connectivity index (χ3v) is 4.54. The molecule has 3 rings (SSSR count). The van der Waals surface area contributed by atoms with Crippen LogP contribution in [0.1, 0.15) is 42.5 Å². The van der Waals surface area contributed by atoms with Crippen molar-refractivity contribution in [1.29, 1.82) is 0 Å². The molecule has 0 bridgehead atoms. The molecule has 0 aromatic heterocycles. The number of nitrogen functional groups attached to an aromatic ring is 1. The molecule has 23 heavy (non-hydrogen) atoms. The minimum atomic E-state index is 0.0311. The van der Waals surface area contributed by atoms with Crippen LogP contribution in [-0.4, -0.2) is 5.71 Å². The van der Waals surface area contributed by atoms with E-state index < -0.39 is 0 Å². The number of rotatable bonds is 3. The van der Waals surface area contributed by atoms with Gasteiger partial charge < -0.3 is 10.6 Å². The van der Waals surface area contributed by atoms with Crippen LogP contribution in [0.25, 0.3) is 0 Å². The van der Waals surface area contributed by atoms with Gasteiger partial charge in [0.1, 0.15) is 6.61 Å². The molecule has 0 aliphatic heterocycles. The van der Waals surface area contributed by atoms with Crippen molar-refractivity contribution in [2.75, 3.05) is 5.73 Å². The third kappa shape index (κ3) is 3.39. The molecule has 0 radical (unpaired) electrons. The van der Waals surface area contributed by atoms with Gasteiger partial charge in [-0.15, -0.1) is 0 Å². The van der Waals surface area contributed by atoms with Crippen molar-refractivity contribution in [3.63, 3.8) is 0 Å². The van der Waals surface area contributed by atoms with Crippen molar-refractivity contribution in [3.05, 3.63) is 64.7 Å². The van der Waals surface area contributed by atoms with Crippen LogP contribution < -0.4 is 5.73 Å². The highest BCUT2D eigenvalue weighted by molar-refractivity contribution is 6.06. The topological polar surface area (TPSA) is 47.6 Å². The van der Waals surface area contributed by atoms with Crippen molar-refractivity contribution in [1.82, 2.24) is 0 Å². The van der Waals surface area contributed by atoms with E-state index >= 15 is 0 Å². The molecule has 0 heterocycles. The smallest absolute Gasteiger partial charge is 0.142 e. The number of aryl methyl sites for hydroxylation is 2. The van der Waals surface area contributed by atoms with Crippen LogP contribution in [0.2, 0.25) is 0 Å². The summed E-state index contributed by atoms with van der Waals surface area (Å²) in [5.41, 5.74) is 12.5. The summed E-state index contributed by atoms with van der Waals surface area (Å²) in [5.74, 6) is 0. The molecule has 0 saturated heterocycles. The van der Waals surface area contributed by atoms with Gasteiger partial charge >= 0.3 is 0 Å². The van der Waals surface area contributed by atoms with Gasteiger partial charge in [-0.05, 0) is 43.0 Å². The second-order valence-electron chi connectivity index (χ2n) is 7.00. The summed E-state index contributed by atoms with van der Waals surface area (Å²) in [6.45, 7) is 7.07. The molecular formula is C20H24N2O. The van der Waals surface area contributed by atoms with Gasteiger partial charge in [0, 0.05) is 16.7 Å². The standard InChI is InChI=1S/C20H24N2O/c1-14-4-9-18-16(12-14)10-11-20(2,3)19(18)22-23-13-15-5-7-17(21)8-6-15/h4-9,12H,10-11,13,21H2,1-3H3/b22-19-. The summed E-state index contributed by atoms with van der Waals surface area (Å²) < 4.78 is 0. The predicted molar refractivity (Wildman–Crippen MR) is 95.5 cm³/mol. The summed E-state index contributed by atoms with van der Waals surface area (Å²) in [6, 6.07) is 14.3. The molecule has 1 aliphatic carbocycles. The summed E-state index contributed by atoms with van der Waals surface area (Å²) >= 11 is 0. The van der Waals surface area contributed by atoms with E-state index in [4.69, 9.17) is 10.6 Å². The van der Waals surface area contributed by atoms with Crippen molar-refractivity contribution in [2.24, 2.45) is 10.6 Å². The Bertz CT molecular complexity index is 730. The molecule has 2 N–H and O–H groups in total. The first-order valence-corrected chi connectivity index (χ1v) is 8.10. The average molecular weight is 308 g/mol. The molecule has 0 amide bonds. The molecule has 3 nitrogen and oxygen atoms in total. The summed E-state index contributed by atoms with van der Waals surface area (Å²) in [7, 11) is 0. The first-order chi connectivity index (χ1) is 11.0. The number of nitrogens with zero attached hydrogens (tertiary/aromatic N) is 1. The van der Waals surface area contributed by atoms with Gasteiger partial charge in [0.05, 0.1) is 5.71 Å². The summed E-state index contributed by atoms with van der Waals surface area (Å²) in [4.78, 5) is 5.67. The highest BCUT2D eigenvalue weighted by atomic mass is 16.6. The quantitative estimate of drug-likeness (QED) is 0.671. The molecule has 120 valence electrons. The van der Waals surface area contributed by atoms with Gasteiger partial charge in [0.25, 0.3) is 0 Å². The number of benzene rings is 2. The normalized spacial score (nSPS) is 17.8. The van der Waals surface area contributed by atoms with Crippen LogP contribution in [0.3, 0.4) is 0 Å². The molecule has 1 aliphatic rings. The van der Waals surface area contributed by atoms with Gasteiger partial charge in [-0.1, -0.05) is 54.9 Å². The second-order valence-corrected chi connectivity index (χ2v) is 7.00. The van der Waals surface area contributed by atoms with E-state index in [0.717, 1.165) is 29.8 Å². The lowest BCUT2D eigenvalue weighted by Gasteiger charge is -2.32. The minimum Gasteiger partial charge on any atom is -0.399 e. The molecule has 3 heteroatoms. The van der Waals surface area contributed by atoms with E-state index in [1.165, 1.54) is 16.7 Å². The fraction of sp³-hybridized carbons (Fsp3) is 0.350. The van der Waals surface area contributed by atoms with Gasteiger partial charge in [-0.3, -0.25) is 0 Å². The molecular weight excluding hydrogens is 284 g/mol. The zero-order valence-corrected chi connectivity index (χ0v) is 14.1. The highest BCUT2D eigenvalue weighted by Crippen LogP contribution is 2.36. The highest BCUT2D eigenvalue weighted by Gasteiger charge is 2.32. The Balaban J connectivity index is 1.83. The number of fused-ring (bicyclic) bond motifs is 1. The maximum absolute atomic E-state index is 5.70. The van der Waals surface area contributed by atoms with Crippen molar-refractivity contribution in [2.45, 2.75) is 40.2 Å².